The lowest BCUT2D eigenvalue weighted by Gasteiger charge is -2.30. The van der Waals surface area contributed by atoms with Gasteiger partial charge in [-0.05, 0) is 33.6 Å². The molecule has 0 spiro atoms. The van der Waals surface area contributed by atoms with E-state index in [4.69, 9.17) is 0 Å². The third-order valence-electron chi connectivity index (χ3n) is 4.68. The summed E-state index contributed by atoms with van der Waals surface area (Å²) in [5, 5.41) is 7.22. The molecule has 1 aliphatic heterocycles. The number of nitrogens with one attached hydrogen (secondary N) is 1. The van der Waals surface area contributed by atoms with E-state index in [9.17, 15) is 13.2 Å². The van der Waals surface area contributed by atoms with Crippen molar-refractivity contribution in [3.05, 3.63) is 17.5 Å². The van der Waals surface area contributed by atoms with Gasteiger partial charge in [-0.1, -0.05) is 0 Å². The van der Waals surface area contributed by atoms with Crippen LogP contribution in [-0.4, -0.2) is 47.3 Å². The number of sulfonamides is 1. The summed E-state index contributed by atoms with van der Waals surface area (Å²) >= 11 is 0. The Bertz CT molecular complexity index is 660. The Morgan fingerprint density at radius 3 is 2.52 bits per heavy atom. The van der Waals surface area contributed by atoms with E-state index in [1.165, 1.54) is 4.31 Å². The van der Waals surface area contributed by atoms with Crippen LogP contribution in [0.2, 0.25) is 0 Å². The summed E-state index contributed by atoms with van der Waals surface area (Å²) in [6.07, 6.45) is 2.92. The molecular formula is C15H26N4O3S. The maximum absolute atomic E-state index is 12.4. The highest BCUT2D eigenvalue weighted by molar-refractivity contribution is 7.89. The lowest BCUT2D eigenvalue weighted by Crippen LogP contribution is -2.43. The van der Waals surface area contributed by atoms with E-state index >= 15 is 0 Å². The monoisotopic (exact) mass is 342 g/mol. The second-order valence-electron chi connectivity index (χ2n) is 6.11. The van der Waals surface area contributed by atoms with Crippen molar-refractivity contribution >= 4 is 15.9 Å². The van der Waals surface area contributed by atoms with Crippen LogP contribution in [0.4, 0.5) is 0 Å². The molecule has 1 amide bonds. The number of carbonyl (C=O) groups excluding carboxylic acids is 1. The minimum atomic E-state index is -3.15. The molecule has 2 heterocycles. The van der Waals surface area contributed by atoms with E-state index in [0.29, 0.717) is 25.9 Å². The smallest absolute Gasteiger partial charge is 0.223 e. The maximum atomic E-state index is 12.4. The van der Waals surface area contributed by atoms with Gasteiger partial charge in [-0.3, -0.25) is 9.48 Å². The molecule has 0 radical (unpaired) electrons. The van der Waals surface area contributed by atoms with Crippen molar-refractivity contribution in [2.45, 2.75) is 39.7 Å². The molecule has 1 saturated heterocycles. The zero-order valence-electron chi connectivity index (χ0n) is 14.2. The van der Waals surface area contributed by atoms with Crippen LogP contribution < -0.4 is 5.32 Å². The Morgan fingerprint density at radius 2 is 2.04 bits per heavy atom. The van der Waals surface area contributed by atoms with Gasteiger partial charge in [0.15, 0.2) is 0 Å². The van der Waals surface area contributed by atoms with Gasteiger partial charge in [-0.2, -0.15) is 5.10 Å². The quantitative estimate of drug-likeness (QED) is 0.864. The molecule has 1 fully saturated rings. The van der Waals surface area contributed by atoms with Crippen molar-refractivity contribution in [3.8, 4) is 0 Å². The summed E-state index contributed by atoms with van der Waals surface area (Å²) in [4.78, 5) is 12.4. The Hall–Kier alpha value is -1.41. The van der Waals surface area contributed by atoms with Crippen molar-refractivity contribution in [1.82, 2.24) is 19.4 Å². The second-order valence-corrected chi connectivity index (χ2v) is 8.37. The van der Waals surface area contributed by atoms with Crippen LogP contribution in [0.3, 0.4) is 0 Å². The van der Waals surface area contributed by atoms with Crippen molar-refractivity contribution < 1.29 is 13.2 Å². The number of hydrogen-bond acceptors (Lipinski definition) is 4. The summed E-state index contributed by atoms with van der Waals surface area (Å²) in [5.41, 5.74) is 2.04. The highest BCUT2D eigenvalue weighted by atomic mass is 32.2. The van der Waals surface area contributed by atoms with Gasteiger partial charge < -0.3 is 5.32 Å². The van der Waals surface area contributed by atoms with Crippen LogP contribution in [0.25, 0.3) is 0 Å². The third kappa shape index (κ3) is 3.92. The topological polar surface area (TPSA) is 84.3 Å². The fraction of sp³-hybridized carbons (Fsp3) is 0.733. The molecule has 0 aliphatic carbocycles. The molecule has 1 N–H and O–H groups in total. The number of carbonyl (C=O) groups is 1. The van der Waals surface area contributed by atoms with E-state index in [1.54, 1.807) is 17.8 Å². The van der Waals surface area contributed by atoms with Crippen LogP contribution in [0.5, 0.6) is 0 Å². The van der Waals surface area contributed by atoms with E-state index in [2.05, 4.69) is 10.4 Å². The first-order valence-electron chi connectivity index (χ1n) is 8.03. The van der Waals surface area contributed by atoms with E-state index in [-0.39, 0.29) is 23.6 Å². The Balaban J connectivity index is 1.92. The first kappa shape index (κ1) is 17.9. The standard InChI is InChI=1S/C15H26N4O3S/c1-5-23(21,22)19-8-6-13(7-9-19)15(20)17-11(2)14-10-16-18(4)12(14)3/h10-11,13H,5-9H2,1-4H3,(H,17,20)/t11-/m1/s1. The second kappa shape index (κ2) is 7.00. The molecule has 1 atom stereocenters. The minimum Gasteiger partial charge on any atom is -0.349 e. The van der Waals surface area contributed by atoms with Gasteiger partial charge in [-0.15, -0.1) is 0 Å². The summed E-state index contributed by atoms with van der Waals surface area (Å²) in [6, 6.07) is -0.103. The highest BCUT2D eigenvalue weighted by Gasteiger charge is 2.30. The SMILES string of the molecule is CCS(=O)(=O)N1CCC(C(=O)N[C@H](C)c2cnn(C)c2C)CC1. The zero-order valence-corrected chi connectivity index (χ0v) is 15.1. The molecule has 0 unspecified atom stereocenters. The highest BCUT2D eigenvalue weighted by Crippen LogP contribution is 2.22. The molecule has 7 nitrogen and oxygen atoms in total. The number of hydrogen-bond donors (Lipinski definition) is 1. The lowest BCUT2D eigenvalue weighted by atomic mass is 9.96. The normalized spacial score (nSPS) is 18.8. The minimum absolute atomic E-state index is 0.00528. The Morgan fingerprint density at radius 1 is 1.43 bits per heavy atom. The predicted molar refractivity (Wildman–Crippen MR) is 88.3 cm³/mol. The predicted octanol–water partition coefficient (Wildman–Crippen LogP) is 0.967. The van der Waals surface area contributed by atoms with Gasteiger partial charge >= 0.3 is 0 Å². The molecule has 1 aromatic heterocycles. The fourth-order valence-corrected chi connectivity index (χ4v) is 4.06. The molecular weight excluding hydrogens is 316 g/mol. The average molecular weight is 342 g/mol. The Labute approximate surface area is 138 Å². The van der Waals surface area contributed by atoms with E-state index in [1.807, 2.05) is 20.9 Å². The van der Waals surface area contributed by atoms with Crippen LogP contribution >= 0.6 is 0 Å². The first-order chi connectivity index (χ1) is 10.8. The van der Waals surface area contributed by atoms with Gasteiger partial charge in [-0.25, -0.2) is 12.7 Å². The first-order valence-corrected chi connectivity index (χ1v) is 9.64. The van der Waals surface area contributed by atoms with Crippen molar-refractivity contribution in [1.29, 1.82) is 0 Å². The van der Waals surface area contributed by atoms with Crippen molar-refractivity contribution in [3.63, 3.8) is 0 Å². The van der Waals surface area contributed by atoms with Crippen LogP contribution in [-0.2, 0) is 21.9 Å². The van der Waals surface area contributed by atoms with Gasteiger partial charge in [0, 0.05) is 37.3 Å². The molecule has 0 aromatic carbocycles. The molecule has 8 heteroatoms. The number of amides is 1. The number of aromatic nitrogens is 2. The van der Waals surface area contributed by atoms with Crippen LogP contribution in [0, 0.1) is 12.8 Å². The van der Waals surface area contributed by atoms with Gasteiger partial charge in [0.1, 0.15) is 0 Å². The van der Waals surface area contributed by atoms with E-state index in [0.717, 1.165) is 11.3 Å². The fourth-order valence-electron chi connectivity index (χ4n) is 2.93. The molecule has 0 saturated carbocycles. The van der Waals surface area contributed by atoms with Gasteiger partial charge in [0.2, 0.25) is 15.9 Å². The largest absolute Gasteiger partial charge is 0.349 e. The number of piperidine rings is 1. The summed E-state index contributed by atoms with van der Waals surface area (Å²) < 4.78 is 27.0. The molecule has 1 aliphatic rings. The third-order valence-corrected chi connectivity index (χ3v) is 6.56. The molecule has 1 aromatic rings. The average Bonchev–Trinajstić information content (AvgIpc) is 2.87. The zero-order chi connectivity index (χ0) is 17.2. The van der Waals surface area contributed by atoms with Crippen LogP contribution in [0.15, 0.2) is 6.20 Å². The van der Waals surface area contributed by atoms with Gasteiger partial charge in [0.25, 0.3) is 0 Å². The van der Waals surface area contributed by atoms with Crippen molar-refractivity contribution in [2.75, 3.05) is 18.8 Å². The number of aryl methyl sites for hydroxylation is 1. The van der Waals surface area contributed by atoms with Crippen molar-refractivity contribution in [2.24, 2.45) is 13.0 Å². The maximum Gasteiger partial charge on any atom is 0.223 e. The molecule has 23 heavy (non-hydrogen) atoms. The number of nitrogens with zero attached hydrogens (tertiary/aromatic N) is 3. The molecule has 130 valence electrons. The summed E-state index contributed by atoms with van der Waals surface area (Å²) in [7, 11) is -1.28. The van der Waals surface area contributed by atoms with E-state index < -0.39 is 10.0 Å². The lowest BCUT2D eigenvalue weighted by molar-refractivity contribution is -0.126. The van der Waals surface area contributed by atoms with Gasteiger partial charge in [0.05, 0.1) is 18.0 Å². The molecule has 0 bridgehead atoms. The summed E-state index contributed by atoms with van der Waals surface area (Å²) in [6.45, 7) is 6.41. The van der Waals surface area contributed by atoms with Crippen LogP contribution in [0.1, 0.15) is 44.0 Å². The summed E-state index contributed by atoms with van der Waals surface area (Å²) in [5.74, 6) is -0.0201. The number of rotatable bonds is 5. The molecule has 2 rings (SSSR count). The Kier molecular flexibility index (Phi) is 5.46.